The normalized spacial score (nSPS) is 15.1. The van der Waals surface area contributed by atoms with E-state index < -0.39 is 0 Å². The number of rotatable bonds is 6. The zero-order valence-electron chi connectivity index (χ0n) is 18.1. The molecule has 32 heavy (non-hydrogen) atoms. The minimum atomic E-state index is 0. The lowest BCUT2D eigenvalue weighted by atomic mass is 10.0. The first-order valence-corrected chi connectivity index (χ1v) is 11.1. The van der Waals surface area contributed by atoms with Crippen LogP contribution in [0.4, 0.5) is 0 Å². The summed E-state index contributed by atoms with van der Waals surface area (Å²) in [5.74, 6) is 0. The van der Waals surface area contributed by atoms with Crippen LogP contribution in [0.25, 0.3) is 21.7 Å². The number of benzene rings is 2. The van der Waals surface area contributed by atoms with Gasteiger partial charge in [-0.1, -0.05) is 36.4 Å². The van der Waals surface area contributed by atoms with Crippen molar-refractivity contribution in [3.05, 3.63) is 89.0 Å². The van der Waals surface area contributed by atoms with E-state index in [9.17, 15) is 4.79 Å². The average molecular weight is 449 g/mol. The first-order valence-electron chi connectivity index (χ1n) is 11.1. The fourth-order valence-corrected chi connectivity index (χ4v) is 4.58. The highest BCUT2D eigenvalue weighted by Crippen LogP contribution is 2.17. The van der Waals surface area contributed by atoms with E-state index in [4.69, 9.17) is 0 Å². The van der Waals surface area contributed by atoms with Gasteiger partial charge in [0.1, 0.15) is 0 Å². The second-order valence-corrected chi connectivity index (χ2v) is 8.44. The minimum Gasteiger partial charge on any atom is -0.310 e. The van der Waals surface area contributed by atoms with Crippen LogP contribution in [-0.4, -0.2) is 40.1 Å². The molecule has 1 fully saturated rings. The maximum atomic E-state index is 12.4. The van der Waals surface area contributed by atoms with Crippen LogP contribution in [0.2, 0.25) is 0 Å². The predicted molar refractivity (Wildman–Crippen MR) is 134 cm³/mol. The van der Waals surface area contributed by atoms with Gasteiger partial charge in [0.05, 0.1) is 11.7 Å². The highest BCUT2D eigenvalue weighted by atomic mass is 35.5. The topological polar surface area (TPSA) is 50.2 Å². The molecule has 3 heterocycles. The van der Waals surface area contributed by atoms with Gasteiger partial charge in [-0.2, -0.15) is 0 Å². The Balaban J connectivity index is 0.00000245. The Bertz CT molecular complexity index is 1250. The van der Waals surface area contributed by atoms with Gasteiger partial charge in [-0.25, -0.2) is 0 Å². The van der Waals surface area contributed by atoms with Crippen LogP contribution in [0, 0.1) is 0 Å². The standard InChI is InChI=1S/C26H28N4O.ClH/c31-26-8-7-22-9-12-27-19-25(22)30(26)16-15-29-13-10-24(11-14-29)28-18-20-5-6-21-3-1-2-4-23(21)17-20;/h1-9,12,17,19,24,28H,10-11,13-16,18H2;1H. The highest BCUT2D eigenvalue weighted by Gasteiger charge is 2.19. The second-order valence-electron chi connectivity index (χ2n) is 8.44. The molecule has 0 unspecified atom stereocenters. The van der Waals surface area contributed by atoms with Crippen molar-refractivity contribution in [2.75, 3.05) is 19.6 Å². The molecule has 6 heteroatoms. The summed E-state index contributed by atoms with van der Waals surface area (Å²) in [4.78, 5) is 19.0. The van der Waals surface area contributed by atoms with Crippen molar-refractivity contribution in [1.82, 2.24) is 19.8 Å². The van der Waals surface area contributed by atoms with Crippen LogP contribution in [-0.2, 0) is 13.1 Å². The Hall–Kier alpha value is -2.73. The molecule has 0 amide bonds. The van der Waals surface area contributed by atoms with Crippen molar-refractivity contribution >= 4 is 34.1 Å². The molecule has 0 radical (unpaired) electrons. The summed E-state index contributed by atoms with van der Waals surface area (Å²) >= 11 is 0. The van der Waals surface area contributed by atoms with Gasteiger partial charge in [0.15, 0.2) is 0 Å². The number of nitrogens with zero attached hydrogens (tertiary/aromatic N) is 3. The third kappa shape index (κ3) is 5.01. The number of pyridine rings is 2. The molecule has 1 saturated heterocycles. The van der Waals surface area contributed by atoms with Crippen molar-refractivity contribution in [1.29, 1.82) is 0 Å². The molecule has 2 aromatic heterocycles. The predicted octanol–water partition coefficient (Wildman–Crippen LogP) is 4.23. The van der Waals surface area contributed by atoms with E-state index in [1.54, 1.807) is 18.5 Å². The van der Waals surface area contributed by atoms with Crippen LogP contribution < -0.4 is 10.9 Å². The van der Waals surface area contributed by atoms with Crippen molar-refractivity contribution < 1.29 is 0 Å². The molecule has 4 aromatic rings. The van der Waals surface area contributed by atoms with Gasteiger partial charge in [-0.15, -0.1) is 12.4 Å². The number of piperidine rings is 1. The summed E-state index contributed by atoms with van der Waals surface area (Å²) in [6.45, 7) is 4.64. The Morgan fingerprint density at radius 2 is 1.69 bits per heavy atom. The van der Waals surface area contributed by atoms with E-state index >= 15 is 0 Å². The lowest BCUT2D eigenvalue weighted by molar-refractivity contribution is 0.191. The molecule has 1 aliphatic rings. The molecule has 5 nitrogen and oxygen atoms in total. The molecule has 166 valence electrons. The Morgan fingerprint density at radius 1 is 0.906 bits per heavy atom. The Morgan fingerprint density at radius 3 is 2.53 bits per heavy atom. The quantitative estimate of drug-likeness (QED) is 0.479. The molecule has 0 aliphatic carbocycles. The lowest BCUT2D eigenvalue weighted by Gasteiger charge is -2.32. The van der Waals surface area contributed by atoms with Gasteiger partial charge in [0.25, 0.3) is 5.56 Å². The van der Waals surface area contributed by atoms with Crippen molar-refractivity contribution in [2.45, 2.75) is 32.0 Å². The first-order chi connectivity index (χ1) is 15.3. The smallest absolute Gasteiger partial charge is 0.251 e. The molecule has 0 spiro atoms. The first kappa shape index (κ1) is 22.5. The van der Waals surface area contributed by atoms with Crippen molar-refractivity contribution in [3.8, 4) is 0 Å². The summed E-state index contributed by atoms with van der Waals surface area (Å²) in [5, 5.41) is 7.40. The second kappa shape index (κ2) is 10.3. The molecule has 5 rings (SSSR count). The summed E-state index contributed by atoms with van der Waals surface area (Å²) in [5.41, 5.74) is 2.31. The fraction of sp³-hybridized carbons (Fsp3) is 0.308. The number of halogens is 1. The number of nitrogens with one attached hydrogen (secondary N) is 1. The SMILES string of the molecule is Cl.O=c1ccc2ccncc2n1CCN1CCC(NCc2ccc3ccccc3c2)CC1. The van der Waals surface area contributed by atoms with Gasteiger partial charge in [0, 0.05) is 43.3 Å². The third-order valence-corrected chi connectivity index (χ3v) is 6.43. The summed E-state index contributed by atoms with van der Waals surface area (Å²) in [6.07, 6.45) is 5.84. The van der Waals surface area contributed by atoms with Crippen LogP contribution in [0.5, 0.6) is 0 Å². The Kier molecular flexibility index (Phi) is 7.20. The molecular weight excluding hydrogens is 420 g/mol. The minimum absolute atomic E-state index is 0. The average Bonchev–Trinajstić information content (AvgIpc) is 2.82. The van der Waals surface area contributed by atoms with Gasteiger partial charge in [-0.3, -0.25) is 9.78 Å². The molecular formula is C26H29ClN4O. The Labute approximate surface area is 194 Å². The van der Waals surface area contributed by atoms with Crippen LogP contribution in [0.1, 0.15) is 18.4 Å². The van der Waals surface area contributed by atoms with E-state index in [-0.39, 0.29) is 18.0 Å². The number of hydrogen-bond donors (Lipinski definition) is 1. The summed E-state index contributed by atoms with van der Waals surface area (Å²) < 4.78 is 1.85. The number of aromatic nitrogens is 2. The van der Waals surface area contributed by atoms with Crippen molar-refractivity contribution in [3.63, 3.8) is 0 Å². The van der Waals surface area contributed by atoms with Crippen LogP contribution in [0.3, 0.4) is 0 Å². The van der Waals surface area contributed by atoms with E-state index in [2.05, 4.69) is 57.7 Å². The maximum absolute atomic E-state index is 12.4. The molecule has 0 bridgehead atoms. The molecule has 2 aromatic carbocycles. The van der Waals surface area contributed by atoms with E-state index in [1.807, 2.05) is 16.7 Å². The van der Waals surface area contributed by atoms with E-state index in [0.717, 1.165) is 49.9 Å². The fourth-order valence-electron chi connectivity index (χ4n) is 4.58. The zero-order valence-corrected chi connectivity index (χ0v) is 18.9. The van der Waals surface area contributed by atoms with Crippen LogP contribution in [0.15, 0.2) is 77.9 Å². The molecule has 1 aliphatic heterocycles. The van der Waals surface area contributed by atoms with Gasteiger partial charge in [-0.05, 0) is 60.5 Å². The van der Waals surface area contributed by atoms with Gasteiger partial charge in [0.2, 0.25) is 0 Å². The molecule has 1 N–H and O–H groups in total. The summed E-state index contributed by atoms with van der Waals surface area (Å²) in [7, 11) is 0. The molecule has 0 saturated carbocycles. The number of likely N-dealkylation sites (tertiary alicyclic amines) is 1. The van der Waals surface area contributed by atoms with E-state index in [1.165, 1.54) is 16.3 Å². The summed E-state index contributed by atoms with van der Waals surface area (Å²) in [6, 6.07) is 21.3. The number of fused-ring (bicyclic) bond motifs is 2. The van der Waals surface area contributed by atoms with Gasteiger partial charge < -0.3 is 14.8 Å². The largest absolute Gasteiger partial charge is 0.310 e. The van der Waals surface area contributed by atoms with E-state index in [0.29, 0.717) is 12.6 Å². The highest BCUT2D eigenvalue weighted by molar-refractivity contribution is 5.85. The maximum Gasteiger partial charge on any atom is 0.251 e. The molecule has 0 atom stereocenters. The zero-order chi connectivity index (χ0) is 21.0. The van der Waals surface area contributed by atoms with Crippen molar-refractivity contribution in [2.24, 2.45) is 0 Å². The third-order valence-electron chi connectivity index (χ3n) is 6.43. The lowest BCUT2D eigenvalue weighted by Crippen LogP contribution is -2.43. The van der Waals surface area contributed by atoms with Crippen LogP contribution >= 0.6 is 12.4 Å². The van der Waals surface area contributed by atoms with Gasteiger partial charge >= 0.3 is 0 Å². The monoisotopic (exact) mass is 448 g/mol. The number of hydrogen-bond acceptors (Lipinski definition) is 4.